The van der Waals surface area contributed by atoms with Gasteiger partial charge in [0.05, 0.1) is 6.54 Å². The molecule has 0 fully saturated rings. The van der Waals surface area contributed by atoms with Gasteiger partial charge in [-0.15, -0.1) is 0 Å². The predicted molar refractivity (Wildman–Crippen MR) is 57.3 cm³/mol. The van der Waals surface area contributed by atoms with Gasteiger partial charge in [0, 0.05) is 16.0 Å². The molecule has 0 saturated heterocycles. The first-order valence-corrected chi connectivity index (χ1v) is 4.45. The molecule has 1 aromatic carbocycles. The minimum absolute atomic E-state index is 0.0191. The van der Waals surface area contributed by atoms with E-state index in [9.17, 15) is 9.18 Å². The van der Waals surface area contributed by atoms with Crippen molar-refractivity contribution < 1.29 is 9.18 Å². The molecule has 16 heavy (non-hydrogen) atoms. The highest BCUT2D eigenvalue weighted by atomic mass is 19.1. The predicted octanol–water partition coefficient (Wildman–Crippen LogP) is 2.69. The number of hydrogen-bond donors (Lipinski definition) is 0. The van der Waals surface area contributed by atoms with E-state index in [1.165, 1.54) is 19.1 Å². The van der Waals surface area contributed by atoms with Gasteiger partial charge in [-0.2, -0.15) is 0 Å². The smallest absolute Gasteiger partial charge is 0.161 e. The SMILES string of the molecule is CC(=O)c1cc(F)ccc1C#CCN=[N+]=[N-]. The van der Waals surface area contributed by atoms with Gasteiger partial charge in [-0.05, 0) is 30.7 Å². The molecular formula is C11H8FN3O. The standard InChI is InChI=1S/C11H8FN3O/c1-8(16)11-7-10(12)5-4-9(11)3-2-6-14-15-13/h4-5,7H,6H2,1H3. The van der Waals surface area contributed by atoms with E-state index in [1.54, 1.807) is 0 Å². The second-order valence-electron chi connectivity index (χ2n) is 2.94. The Morgan fingerprint density at radius 1 is 1.62 bits per heavy atom. The first-order valence-electron chi connectivity index (χ1n) is 4.45. The van der Waals surface area contributed by atoms with Gasteiger partial charge in [-0.1, -0.05) is 17.0 Å². The zero-order valence-corrected chi connectivity index (χ0v) is 8.57. The molecule has 80 valence electrons. The van der Waals surface area contributed by atoms with Crippen molar-refractivity contribution in [2.45, 2.75) is 6.92 Å². The maximum absolute atomic E-state index is 12.9. The summed E-state index contributed by atoms with van der Waals surface area (Å²) in [7, 11) is 0. The molecule has 0 heterocycles. The molecule has 0 radical (unpaired) electrons. The van der Waals surface area contributed by atoms with Crippen LogP contribution in [-0.4, -0.2) is 12.3 Å². The number of halogens is 1. The van der Waals surface area contributed by atoms with Crippen molar-refractivity contribution in [3.63, 3.8) is 0 Å². The molecule has 0 spiro atoms. The molecular weight excluding hydrogens is 209 g/mol. The molecule has 4 nitrogen and oxygen atoms in total. The lowest BCUT2D eigenvalue weighted by Gasteiger charge is -1.99. The molecule has 1 rings (SSSR count). The highest BCUT2D eigenvalue weighted by molar-refractivity contribution is 5.96. The number of ketones is 1. The number of benzene rings is 1. The van der Waals surface area contributed by atoms with Crippen molar-refractivity contribution in [1.82, 2.24) is 0 Å². The lowest BCUT2D eigenvalue weighted by atomic mass is 10.0. The molecule has 0 aliphatic rings. The number of rotatable bonds is 2. The molecule has 0 atom stereocenters. The number of carbonyl (C=O) groups excluding carboxylic acids is 1. The first kappa shape index (κ1) is 11.8. The fraction of sp³-hybridized carbons (Fsp3) is 0.182. The van der Waals surface area contributed by atoms with E-state index in [4.69, 9.17) is 5.53 Å². The van der Waals surface area contributed by atoms with Gasteiger partial charge in [0.2, 0.25) is 0 Å². The van der Waals surface area contributed by atoms with E-state index in [0.717, 1.165) is 6.07 Å². The fourth-order valence-electron chi connectivity index (χ4n) is 1.12. The van der Waals surface area contributed by atoms with Gasteiger partial charge < -0.3 is 0 Å². The zero-order valence-electron chi connectivity index (χ0n) is 8.57. The van der Waals surface area contributed by atoms with E-state index in [-0.39, 0.29) is 17.9 Å². The molecule has 0 amide bonds. The average Bonchev–Trinajstić information content (AvgIpc) is 2.26. The van der Waals surface area contributed by atoms with Crippen LogP contribution in [0, 0.1) is 17.7 Å². The van der Waals surface area contributed by atoms with Gasteiger partial charge in [0.25, 0.3) is 0 Å². The van der Waals surface area contributed by atoms with Crippen molar-refractivity contribution in [2.24, 2.45) is 5.11 Å². The normalized spacial score (nSPS) is 8.62. The van der Waals surface area contributed by atoms with E-state index in [1.807, 2.05) is 0 Å². The van der Waals surface area contributed by atoms with E-state index < -0.39 is 5.82 Å². The largest absolute Gasteiger partial charge is 0.294 e. The van der Waals surface area contributed by atoms with Crippen LogP contribution < -0.4 is 0 Å². The average molecular weight is 217 g/mol. The van der Waals surface area contributed by atoms with Crippen LogP contribution in [0.2, 0.25) is 0 Å². The zero-order chi connectivity index (χ0) is 12.0. The Morgan fingerprint density at radius 2 is 2.38 bits per heavy atom. The molecule has 1 aromatic rings. The molecule has 0 unspecified atom stereocenters. The van der Waals surface area contributed by atoms with Crippen LogP contribution in [-0.2, 0) is 0 Å². The van der Waals surface area contributed by atoms with E-state index in [0.29, 0.717) is 5.56 Å². The molecule has 0 aromatic heterocycles. The quantitative estimate of drug-likeness (QED) is 0.247. The molecule has 5 heteroatoms. The van der Waals surface area contributed by atoms with Crippen LogP contribution in [0.3, 0.4) is 0 Å². The second-order valence-corrected chi connectivity index (χ2v) is 2.94. The summed E-state index contributed by atoms with van der Waals surface area (Å²) >= 11 is 0. The van der Waals surface area contributed by atoms with Gasteiger partial charge >= 0.3 is 0 Å². The van der Waals surface area contributed by atoms with Crippen molar-refractivity contribution in [2.75, 3.05) is 6.54 Å². The van der Waals surface area contributed by atoms with E-state index in [2.05, 4.69) is 21.9 Å². The van der Waals surface area contributed by atoms with Crippen LogP contribution in [0.5, 0.6) is 0 Å². The van der Waals surface area contributed by atoms with Crippen LogP contribution in [0.4, 0.5) is 4.39 Å². The third-order valence-electron chi connectivity index (χ3n) is 1.80. The Hall–Kier alpha value is -2.31. The second kappa shape index (κ2) is 5.54. The van der Waals surface area contributed by atoms with Crippen LogP contribution in [0.15, 0.2) is 23.3 Å². The third-order valence-corrected chi connectivity index (χ3v) is 1.80. The monoisotopic (exact) mass is 217 g/mol. The number of Topliss-reactive ketones (excluding diaryl/α,β-unsaturated/α-hetero) is 1. The number of hydrogen-bond acceptors (Lipinski definition) is 2. The van der Waals surface area contributed by atoms with Crippen LogP contribution >= 0.6 is 0 Å². The molecule has 0 N–H and O–H groups in total. The maximum Gasteiger partial charge on any atom is 0.161 e. The van der Waals surface area contributed by atoms with Gasteiger partial charge in [-0.3, -0.25) is 4.79 Å². The number of carbonyl (C=O) groups is 1. The van der Waals surface area contributed by atoms with Gasteiger partial charge in [0.15, 0.2) is 5.78 Å². The van der Waals surface area contributed by atoms with Gasteiger partial charge in [0.1, 0.15) is 5.82 Å². The molecule has 0 saturated carbocycles. The number of azide groups is 1. The molecule has 0 aliphatic heterocycles. The molecule has 0 aliphatic carbocycles. The Labute approximate surface area is 91.7 Å². The van der Waals surface area contributed by atoms with Crippen LogP contribution in [0.1, 0.15) is 22.8 Å². The number of nitrogens with zero attached hydrogens (tertiary/aromatic N) is 3. The summed E-state index contributed by atoms with van der Waals surface area (Å²) in [6.07, 6.45) is 0. The Morgan fingerprint density at radius 3 is 3.00 bits per heavy atom. The van der Waals surface area contributed by atoms with Crippen molar-refractivity contribution >= 4 is 5.78 Å². The summed E-state index contributed by atoms with van der Waals surface area (Å²) in [6.45, 7) is 1.36. The third kappa shape index (κ3) is 3.12. The summed E-state index contributed by atoms with van der Waals surface area (Å²) in [5.41, 5.74) is 8.69. The Balaban J connectivity index is 3.06. The lowest BCUT2D eigenvalue weighted by molar-refractivity contribution is 0.101. The minimum atomic E-state index is -0.481. The lowest BCUT2D eigenvalue weighted by Crippen LogP contribution is -1.97. The summed E-state index contributed by atoms with van der Waals surface area (Å²) < 4.78 is 12.9. The van der Waals surface area contributed by atoms with Crippen molar-refractivity contribution in [3.8, 4) is 11.8 Å². The summed E-state index contributed by atoms with van der Waals surface area (Å²) in [6, 6.07) is 3.79. The van der Waals surface area contributed by atoms with Crippen molar-refractivity contribution in [3.05, 3.63) is 45.6 Å². The maximum atomic E-state index is 12.9. The summed E-state index contributed by atoms with van der Waals surface area (Å²) in [4.78, 5) is 13.7. The fourth-order valence-corrected chi connectivity index (χ4v) is 1.12. The van der Waals surface area contributed by atoms with Crippen molar-refractivity contribution in [1.29, 1.82) is 0 Å². The highest BCUT2D eigenvalue weighted by Crippen LogP contribution is 2.10. The highest BCUT2D eigenvalue weighted by Gasteiger charge is 2.06. The summed E-state index contributed by atoms with van der Waals surface area (Å²) in [5, 5.41) is 3.23. The van der Waals surface area contributed by atoms with Gasteiger partial charge in [-0.25, -0.2) is 4.39 Å². The topological polar surface area (TPSA) is 65.8 Å². The Bertz CT molecular complexity index is 522. The van der Waals surface area contributed by atoms with E-state index >= 15 is 0 Å². The summed E-state index contributed by atoms with van der Waals surface area (Å²) in [5.74, 6) is 4.49. The minimum Gasteiger partial charge on any atom is -0.294 e. The van der Waals surface area contributed by atoms with Crippen LogP contribution in [0.25, 0.3) is 10.4 Å². The Kier molecular flexibility index (Phi) is 4.07. The first-order chi connectivity index (χ1) is 7.65. The molecule has 0 bridgehead atoms.